The molecule has 0 spiro atoms. The molecule has 1 aromatic carbocycles. The molecule has 3 nitrogen and oxygen atoms in total. The quantitative estimate of drug-likeness (QED) is 0.882. The summed E-state index contributed by atoms with van der Waals surface area (Å²) in [4.78, 5) is 0. The largest absolute Gasteiger partial charge is 0.493 e. The Balaban J connectivity index is 2.09. The standard InChI is InChI=1S/C16H24O3/c1-16(2,3)15(18)13(17)10-11-8-9-19-14-7-5-4-6-12(11)14/h4-7,11,13,15,17-18H,8-10H2,1-3H3. The van der Waals surface area contributed by atoms with Crippen LogP contribution in [0.15, 0.2) is 24.3 Å². The number of aliphatic hydroxyl groups excluding tert-OH is 2. The molecule has 0 amide bonds. The summed E-state index contributed by atoms with van der Waals surface area (Å²) < 4.78 is 5.62. The fraction of sp³-hybridized carbons (Fsp3) is 0.625. The van der Waals surface area contributed by atoms with Crippen molar-refractivity contribution < 1.29 is 14.9 Å². The second kappa shape index (κ2) is 5.51. The normalized spacial score (nSPS) is 22.3. The van der Waals surface area contributed by atoms with Crippen LogP contribution in [-0.4, -0.2) is 29.0 Å². The molecule has 0 fully saturated rings. The smallest absolute Gasteiger partial charge is 0.122 e. The predicted molar refractivity (Wildman–Crippen MR) is 75.4 cm³/mol. The maximum Gasteiger partial charge on any atom is 0.122 e. The van der Waals surface area contributed by atoms with E-state index >= 15 is 0 Å². The van der Waals surface area contributed by atoms with E-state index in [2.05, 4.69) is 6.07 Å². The highest BCUT2D eigenvalue weighted by atomic mass is 16.5. The monoisotopic (exact) mass is 264 g/mol. The van der Waals surface area contributed by atoms with E-state index in [0.717, 1.165) is 17.7 Å². The summed E-state index contributed by atoms with van der Waals surface area (Å²) in [5.41, 5.74) is 0.846. The van der Waals surface area contributed by atoms with Gasteiger partial charge in [0, 0.05) is 0 Å². The summed E-state index contributed by atoms with van der Waals surface area (Å²) in [6.45, 7) is 6.51. The predicted octanol–water partition coefficient (Wildman–Crippen LogP) is 2.71. The van der Waals surface area contributed by atoms with Gasteiger partial charge in [-0.25, -0.2) is 0 Å². The summed E-state index contributed by atoms with van der Waals surface area (Å²) in [5.74, 6) is 1.17. The molecule has 19 heavy (non-hydrogen) atoms. The number of hydrogen-bond acceptors (Lipinski definition) is 3. The Labute approximate surface area is 115 Å². The van der Waals surface area contributed by atoms with Crippen LogP contribution in [0.5, 0.6) is 5.75 Å². The third-order valence-electron chi connectivity index (χ3n) is 3.86. The Morgan fingerprint density at radius 3 is 2.63 bits per heavy atom. The Bertz CT molecular complexity index is 422. The molecule has 2 N–H and O–H groups in total. The first kappa shape index (κ1) is 14.4. The second-order valence-corrected chi connectivity index (χ2v) is 6.49. The summed E-state index contributed by atoms with van der Waals surface area (Å²) in [7, 11) is 0. The van der Waals surface area contributed by atoms with Crippen LogP contribution >= 0.6 is 0 Å². The van der Waals surface area contributed by atoms with Gasteiger partial charge in [-0.05, 0) is 35.8 Å². The lowest BCUT2D eigenvalue weighted by Gasteiger charge is -2.33. The lowest BCUT2D eigenvalue weighted by atomic mass is 9.80. The maximum atomic E-state index is 10.2. The molecule has 0 saturated carbocycles. The number of ether oxygens (including phenoxy) is 1. The highest BCUT2D eigenvalue weighted by molar-refractivity contribution is 5.37. The first-order chi connectivity index (χ1) is 8.89. The molecule has 1 aromatic rings. The molecule has 3 atom stereocenters. The first-order valence-electron chi connectivity index (χ1n) is 6.97. The number of aliphatic hydroxyl groups is 2. The van der Waals surface area contributed by atoms with Crippen molar-refractivity contribution in [2.45, 2.75) is 51.7 Å². The molecular weight excluding hydrogens is 240 g/mol. The Morgan fingerprint density at radius 1 is 1.26 bits per heavy atom. The molecule has 106 valence electrons. The highest BCUT2D eigenvalue weighted by Gasteiger charge is 2.32. The molecule has 0 aromatic heterocycles. The van der Waals surface area contributed by atoms with Crippen molar-refractivity contribution in [3.05, 3.63) is 29.8 Å². The topological polar surface area (TPSA) is 49.7 Å². The average molecular weight is 264 g/mol. The zero-order valence-electron chi connectivity index (χ0n) is 12.0. The van der Waals surface area contributed by atoms with Gasteiger partial charge in [-0.15, -0.1) is 0 Å². The molecule has 0 radical (unpaired) electrons. The Morgan fingerprint density at radius 2 is 1.95 bits per heavy atom. The molecule has 0 bridgehead atoms. The van der Waals surface area contributed by atoms with E-state index in [0.29, 0.717) is 13.0 Å². The van der Waals surface area contributed by atoms with Gasteiger partial charge in [0.15, 0.2) is 0 Å². The van der Waals surface area contributed by atoms with Crippen molar-refractivity contribution in [1.29, 1.82) is 0 Å². The van der Waals surface area contributed by atoms with Crippen LogP contribution in [0.3, 0.4) is 0 Å². The summed E-state index contributed by atoms with van der Waals surface area (Å²) >= 11 is 0. The number of fused-ring (bicyclic) bond motifs is 1. The van der Waals surface area contributed by atoms with E-state index in [9.17, 15) is 10.2 Å². The summed E-state index contributed by atoms with van der Waals surface area (Å²) in [5, 5.41) is 20.4. The minimum atomic E-state index is -0.706. The van der Waals surface area contributed by atoms with Gasteiger partial charge in [0.25, 0.3) is 0 Å². The van der Waals surface area contributed by atoms with E-state index in [1.54, 1.807) is 0 Å². The first-order valence-corrected chi connectivity index (χ1v) is 6.97. The molecule has 3 unspecified atom stereocenters. The van der Waals surface area contributed by atoms with Crippen LogP contribution in [0.25, 0.3) is 0 Å². The van der Waals surface area contributed by atoms with Crippen LogP contribution in [0.1, 0.15) is 45.1 Å². The van der Waals surface area contributed by atoms with Crippen LogP contribution in [0, 0.1) is 5.41 Å². The van der Waals surface area contributed by atoms with Crippen molar-refractivity contribution in [3.63, 3.8) is 0 Å². The Hall–Kier alpha value is -1.06. The van der Waals surface area contributed by atoms with Gasteiger partial charge in [0.1, 0.15) is 5.75 Å². The van der Waals surface area contributed by atoms with Gasteiger partial charge in [0.05, 0.1) is 18.8 Å². The van der Waals surface area contributed by atoms with Gasteiger partial charge in [-0.1, -0.05) is 39.0 Å². The van der Waals surface area contributed by atoms with Crippen molar-refractivity contribution in [2.75, 3.05) is 6.61 Å². The van der Waals surface area contributed by atoms with E-state index in [1.807, 2.05) is 39.0 Å². The fourth-order valence-corrected chi connectivity index (χ4v) is 2.66. The Kier molecular flexibility index (Phi) is 4.16. The third kappa shape index (κ3) is 3.28. The van der Waals surface area contributed by atoms with Gasteiger partial charge < -0.3 is 14.9 Å². The minimum absolute atomic E-state index is 0.261. The third-order valence-corrected chi connectivity index (χ3v) is 3.86. The van der Waals surface area contributed by atoms with Crippen LogP contribution in [0.4, 0.5) is 0 Å². The fourth-order valence-electron chi connectivity index (χ4n) is 2.66. The van der Waals surface area contributed by atoms with Crippen molar-refractivity contribution in [1.82, 2.24) is 0 Å². The van der Waals surface area contributed by atoms with Gasteiger partial charge in [-0.3, -0.25) is 0 Å². The van der Waals surface area contributed by atoms with E-state index < -0.39 is 12.2 Å². The van der Waals surface area contributed by atoms with Gasteiger partial charge in [0.2, 0.25) is 0 Å². The SMILES string of the molecule is CC(C)(C)C(O)C(O)CC1CCOc2ccccc21. The maximum absolute atomic E-state index is 10.2. The summed E-state index contributed by atoms with van der Waals surface area (Å²) in [6, 6.07) is 7.97. The van der Waals surface area contributed by atoms with Crippen molar-refractivity contribution in [2.24, 2.45) is 5.41 Å². The number of rotatable bonds is 3. The molecule has 0 aliphatic carbocycles. The van der Waals surface area contributed by atoms with Gasteiger partial charge >= 0.3 is 0 Å². The minimum Gasteiger partial charge on any atom is -0.493 e. The molecule has 1 aliphatic heterocycles. The zero-order valence-corrected chi connectivity index (χ0v) is 12.0. The molecule has 1 heterocycles. The lowest BCUT2D eigenvalue weighted by molar-refractivity contribution is -0.0511. The van der Waals surface area contributed by atoms with Crippen LogP contribution < -0.4 is 4.74 Å². The van der Waals surface area contributed by atoms with Gasteiger partial charge in [-0.2, -0.15) is 0 Å². The molecule has 1 aliphatic rings. The molecular formula is C16H24O3. The molecule has 3 heteroatoms. The van der Waals surface area contributed by atoms with E-state index in [1.165, 1.54) is 0 Å². The lowest BCUT2D eigenvalue weighted by Crippen LogP contribution is -2.38. The summed E-state index contributed by atoms with van der Waals surface area (Å²) in [6.07, 6.45) is 0.0719. The highest BCUT2D eigenvalue weighted by Crippen LogP contribution is 2.37. The van der Waals surface area contributed by atoms with Crippen LogP contribution in [-0.2, 0) is 0 Å². The number of hydrogen-bond donors (Lipinski definition) is 2. The number of para-hydroxylation sites is 1. The van der Waals surface area contributed by atoms with E-state index in [4.69, 9.17) is 4.74 Å². The second-order valence-electron chi connectivity index (χ2n) is 6.49. The molecule has 0 saturated heterocycles. The van der Waals surface area contributed by atoms with Crippen molar-refractivity contribution >= 4 is 0 Å². The van der Waals surface area contributed by atoms with E-state index in [-0.39, 0.29) is 11.3 Å². The molecule has 2 rings (SSSR count). The van der Waals surface area contributed by atoms with Crippen molar-refractivity contribution in [3.8, 4) is 5.75 Å². The number of benzene rings is 1. The average Bonchev–Trinajstić information content (AvgIpc) is 2.37. The zero-order chi connectivity index (χ0) is 14.0. The van der Waals surface area contributed by atoms with Crippen LogP contribution in [0.2, 0.25) is 0 Å².